The number of carbonyl (C=O) groups is 1. The first-order chi connectivity index (χ1) is 11.9. The van der Waals surface area contributed by atoms with Crippen molar-refractivity contribution < 1.29 is 23.8 Å². The van der Waals surface area contributed by atoms with Crippen molar-refractivity contribution in [1.29, 1.82) is 0 Å². The quantitative estimate of drug-likeness (QED) is 0.781. The van der Waals surface area contributed by atoms with Gasteiger partial charge in [-0.05, 0) is 37.2 Å². The summed E-state index contributed by atoms with van der Waals surface area (Å²) in [4.78, 5) is 12.2. The Hall–Kier alpha value is -1.37. The van der Waals surface area contributed by atoms with Crippen LogP contribution in [0.4, 0.5) is 0 Å². The summed E-state index contributed by atoms with van der Waals surface area (Å²) in [7, 11) is 1.07. The van der Waals surface area contributed by atoms with E-state index in [1.807, 2.05) is 12.1 Å². The molecule has 0 bridgehead atoms. The van der Waals surface area contributed by atoms with Crippen LogP contribution in [0.2, 0.25) is 18.1 Å². The van der Waals surface area contributed by atoms with Gasteiger partial charge in [-0.2, -0.15) is 0 Å². The van der Waals surface area contributed by atoms with E-state index in [0.717, 1.165) is 11.1 Å². The first-order valence-electron chi connectivity index (χ1n) is 9.01. The van der Waals surface area contributed by atoms with Crippen LogP contribution in [0.15, 0.2) is 12.1 Å². The molecule has 0 fully saturated rings. The maximum atomic E-state index is 12.2. The fraction of sp³-hybridized carbons (Fsp3) is 0.650. The molecule has 5 nitrogen and oxygen atoms in total. The number of aliphatic hydroxyl groups is 1. The highest BCUT2D eigenvalue weighted by molar-refractivity contribution is 6.74. The van der Waals surface area contributed by atoms with E-state index in [2.05, 4.69) is 33.9 Å². The van der Waals surface area contributed by atoms with Gasteiger partial charge >= 0.3 is 0 Å². The second-order valence-corrected chi connectivity index (χ2v) is 13.5. The van der Waals surface area contributed by atoms with Gasteiger partial charge in [-0.15, -0.1) is 0 Å². The molecule has 0 saturated carbocycles. The number of ketones is 1. The first kappa shape index (κ1) is 20.9. The Bertz CT molecular complexity index is 692. The summed E-state index contributed by atoms with van der Waals surface area (Å²) in [5.41, 5.74) is 0.224. The van der Waals surface area contributed by atoms with E-state index in [1.54, 1.807) is 14.2 Å². The van der Waals surface area contributed by atoms with Crippen LogP contribution in [0.1, 0.15) is 51.3 Å². The summed E-state index contributed by atoms with van der Waals surface area (Å²) >= 11 is 0. The van der Waals surface area contributed by atoms with Gasteiger partial charge in [-0.25, -0.2) is 0 Å². The molecule has 1 aromatic rings. The predicted octanol–water partition coefficient (Wildman–Crippen LogP) is 4.03. The molecule has 0 aromatic heterocycles. The normalized spacial score (nSPS) is 23.3. The van der Waals surface area contributed by atoms with Crippen LogP contribution in [-0.4, -0.2) is 39.0 Å². The Balaban J connectivity index is 2.63. The molecule has 0 heterocycles. The third-order valence-corrected chi connectivity index (χ3v) is 10.4. The summed E-state index contributed by atoms with van der Waals surface area (Å²) in [5, 5.41) is 11.0. The summed E-state index contributed by atoms with van der Waals surface area (Å²) in [6.45, 7) is 12.3. The number of hydrogen-bond acceptors (Lipinski definition) is 5. The van der Waals surface area contributed by atoms with Gasteiger partial charge in [0.15, 0.2) is 14.1 Å². The fourth-order valence-electron chi connectivity index (χ4n) is 3.20. The molecular formula is C20H32O5Si. The average molecular weight is 381 g/mol. The maximum absolute atomic E-state index is 12.2. The second-order valence-electron chi connectivity index (χ2n) is 8.70. The van der Waals surface area contributed by atoms with Crippen LogP contribution in [0, 0.1) is 0 Å². The minimum Gasteiger partial charge on any atom is -0.496 e. The second kappa shape index (κ2) is 6.98. The highest BCUT2D eigenvalue weighted by Gasteiger charge is 2.48. The molecule has 1 aliphatic carbocycles. The highest BCUT2D eigenvalue weighted by Crippen LogP contribution is 2.49. The monoisotopic (exact) mass is 380 g/mol. The lowest BCUT2D eigenvalue weighted by atomic mass is 9.76. The third-order valence-electron chi connectivity index (χ3n) is 5.93. The van der Waals surface area contributed by atoms with E-state index in [-0.39, 0.29) is 23.7 Å². The van der Waals surface area contributed by atoms with Gasteiger partial charge in [-0.1, -0.05) is 20.8 Å². The van der Waals surface area contributed by atoms with Crippen LogP contribution >= 0.6 is 0 Å². The Labute approximate surface area is 157 Å². The topological polar surface area (TPSA) is 65.0 Å². The lowest BCUT2D eigenvalue weighted by Gasteiger charge is -2.44. The van der Waals surface area contributed by atoms with E-state index in [9.17, 15) is 9.90 Å². The molecular weight excluding hydrogens is 348 g/mol. The summed E-state index contributed by atoms with van der Waals surface area (Å²) in [6, 6.07) is 3.67. The molecule has 0 spiro atoms. The minimum absolute atomic E-state index is 0.00501. The summed E-state index contributed by atoms with van der Waals surface area (Å²) in [6.07, 6.45) is 0.0134. The van der Waals surface area contributed by atoms with Crippen molar-refractivity contribution in [2.24, 2.45) is 0 Å². The predicted molar refractivity (Wildman–Crippen MR) is 105 cm³/mol. The largest absolute Gasteiger partial charge is 0.496 e. The number of Topliss-reactive ketones (excluding diaryl/α,β-unsaturated/α-hetero) is 1. The van der Waals surface area contributed by atoms with E-state index < -0.39 is 20.0 Å². The summed E-state index contributed by atoms with van der Waals surface area (Å²) < 4.78 is 17.7. The average Bonchev–Trinajstić information content (AvgIpc) is 2.52. The van der Waals surface area contributed by atoms with Gasteiger partial charge in [0.25, 0.3) is 0 Å². The Kier molecular flexibility index (Phi) is 5.62. The van der Waals surface area contributed by atoms with Gasteiger partial charge in [0.05, 0.1) is 20.3 Å². The van der Waals surface area contributed by atoms with E-state index in [4.69, 9.17) is 13.9 Å². The Morgan fingerprint density at radius 3 is 2.19 bits per heavy atom. The van der Waals surface area contributed by atoms with Crippen molar-refractivity contribution in [3.8, 4) is 11.5 Å². The molecule has 0 aliphatic heterocycles. The maximum Gasteiger partial charge on any atom is 0.192 e. The molecule has 2 atom stereocenters. The van der Waals surface area contributed by atoms with Gasteiger partial charge in [0.1, 0.15) is 17.1 Å². The Morgan fingerprint density at radius 2 is 1.73 bits per heavy atom. The molecule has 0 saturated heterocycles. The lowest BCUT2D eigenvalue weighted by Crippen LogP contribution is -2.48. The van der Waals surface area contributed by atoms with Crippen LogP contribution in [0.3, 0.4) is 0 Å². The van der Waals surface area contributed by atoms with Crippen molar-refractivity contribution in [3.63, 3.8) is 0 Å². The fourth-order valence-corrected chi connectivity index (χ4v) is 4.47. The van der Waals surface area contributed by atoms with Crippen LogP contribution < -0.4 is 9.47 Å². The highest BCUT2D eigenvalue weighted by atomic mass is 28.4. The van der Waals surface area contributed by atoms with Crippen molar-refractivity contribution >= 4 is 14.1 Å². The standard InChI is InChI=1S/C20H32O5Si/c1-13(21)20(22)11-14-15(23-5)9-10-16(24-6)18(14)17(12-20)25-26(7,8)19(2,3)4/h9-10,17,22H,11-12H2,1-8H3/t17-,20+/m1/s1. The number of benzene rings is 1. The number of fused-ring (bicyclic) bond motifs is 1. The van der Waals surface area contributed by atoms with Gasteiger partial charge in [0, 0.05) is 24.0 Å². The number of hydrogen-bond donors (Lipinski definition) is 1. The summed E-state index contributed by atoms with van der Waals surface area (Å²) in [5.74, 6) is 1.09. The molecule has 0 unspecified atom stereocenters. The van der Waals surface area contributed by atoms with Gasteiger partial charge in [-0.3, -0.25) is 4.79 Å². The Morgan fingerprint density at radius 1 is 1.19 bits per heavy atom. The van der Waals surface area contributed by atoms with Crippen molar-refractivity contribution in [3.05, 3.63) is 23.3 Å². The molecule has 1 aliphatic rings. The zero-order chi connectivity index (χ0) is 19.9. The number of ether oxygens (including phenoxy) is 2. The zero-order valence-electron chi connectivity index (χ0n) is 17.2. The zero-order valence-corrected chi connectivity index (χ0v) is 18.2. The minimum atomic E-state index is -2.14. The molecule has 6 heteroatoms. The molecule has 1 N–H and O–H groups in total. The third kappa shape index (κ3) is 3.68. The smallest absolute Gasteiger partial charge is 0.192 e. The molecule has 1 aromatic carbocycles. The molecule has 0 radical (unpaired) electrons. The number of methoxy groups -OCH3 is 2. The SMILES string of the molecule is COc1ccc(OC)c2c1C[C@@](O)(C(C)=O)C[C@H]2O[Si](C)(C)C(C)(C)C. The van der Waals surface area contributed by atoms with Gasteiger partial charge in [0.2, 0.25) is 0 Å². The van der Waals surface area contributed by atoms with Crippen molar-refractivity contribution in [2.75, 3.05) is 14.2 Å². The molecule has 2 rings (SSSR count). The lowest BCUT2D eigenvalue weighted by molar-refractivity contribution is -0.139. The van der Waals surface area contributed by atoms with Crippen LogP contribution in [0.5, 0.6) is 11.5 Å². The molecule has 0 amide bonds. The number of carbonyl (C=O) groups excluding carboxylic acids is 1. The van der Waals surface area contributed by atoms with E-state index in [1.165, 1.54) is 6.92 Å². The first-order valence-corrected chi connectivity index (χ1v) is 11.9. The van der Waals surface area contributed by atoms with Crippen LogP contribution in [-0.2, 0) is 15.6 Å². The number of rotatable bonds is 5. The van der Waals surface area contributed by atoms with Crippen molar-refractivity contribution in [1.82, 2.24) is 0 Å². The van der Waals surface area contributed by atoms with Crippen molar-refractivity contribution in [2.45, 2.75) is 70.4 Å². The van der Waals surface area contributed by atoms with Gasteiger partial charge < -0.3 is 19.0 Å². The van der Waals surface area contributed by atoms with E-state index in [0.29, 0.717) is 11.5 Å². The molecule has 26 heavy (non-hydrogen) atoms. The molecule has 146 valence electrons. The van der Waals surface area contributed by atoms with Crippen LogP contribution in [0.25, 0.3) is 0 Å². The van der Waals surface area contributed by atoms with E-state index >= 15 is 0 Å².